The third-order valence-electron chi connectivity index (χ3n) is 3.44. The van der Waals surface area contributed by atoms with Crippen LogP contribution in [0.1, 0.15) is 26.3 Å². The molecule has 2 aromatic rings. The molecule has 1 N–H and O–H groups in total. The van der Waals surface area contributed by atoms with Crippen molar-refractivity contribution >= 4 is 45.0 Å². The Bertz CT molecular complexity index is 739. The Kier molecular flexibility index (Phi) is 6.67. The SMILES string of the molecule is CC(C)(C)OC(=O)NCCN(Cc1csc2ccccc12)C(=O)CCl. The van der Waals surface area contributed by atoms with Crippen molar-refractivity contribution in [1.82, 2.24) is 10.2 Å². The number of rotatable bonds is 6. The van der Waals surface area contributed by atoms with E-state index in [1.165, 1.54) is 4.70 Å². The molecule has 0 aliphatic carbocycles. The number of amides is 2. The number of hydrogen-bond acceptors (Lipinski definition) is 4. The van der Waals surface area contributed by atoms with Gasteiger partial charge in [0.25, 0.3) is 0 Å². The number of nitrogens with one attached hydrogen (secondary N) is 1. The van der Waals surface area contributed by atoms with Gasteiger partial charge in [-0.2, -0.15) is 0 Å². The van der Waals surface area contributed by atoms with Gasteiger partial charge in [0.05, 0.1) is 0 Å². The van der Waals surface area contributed by atoms with Crippen LogP contribution in [0.5, 0.6) is 0 Å². The van der Waals surface area contributed by atoms with Crippen LogP contribution in [0.2, 0.25) is 0 Å². The lowest BCUT2D eigenvalue weighted by atomic mass is 10.1. The minimum atomic E-state index is -0.550. The highest BCUT2D eigenvalue weighted by atomic mass is 35.5. The predicted octanol–water partition coefficient (Wildman–Crippen LogP) is 3.99. The Morgan fingerprint density at radius 1 is 1.28 bits per heavy atom. The van der Waals surface area contributed by atoms with E-state index in [2.05, 4.69) is 16.8 Å². The smallest absolute Gasteiger partial charge is 0.407 e. The van der Waals surface area contributed by atoms with Crippen LogP contribution in [0.4, 0.5) is 4.79 Å². The van der Waals surface area contributed by atoms with Gasteiger partial charge in [0.15, 0.2) is 0 Å². The van der Waals surface area contributed by atoms with Gasteiger partial charge in [0.1, 0.15) is 11.5 Å². The summed E-state index contributed by atoms with van der Waals surface area (Å²) in [5.74, 6) is -0.253. The predicted molar refractivity (Wildman–Crippen MR) is 102 cm³/mol. The lowest BCUT2D eigenvalue weighted by Crippen LogP contribution is -2.40. The zero-order chi connectivity index (χ0) is 18.4. The molecule has 1 aromatic heterocycles. The molecule has 2 rings (SSSR count). The summed E-state index contributed by atoms with van der Waals surface area (Å²) in [6.45, 7) is 6.55. The second-order valence-electron chi connectivity index (χ2n) is 6.63. The Balaban J connectivity index is 1.97. The fraction of sp³-hybridized carbons (Fsp3) is 0.444. The van der Waals surface area contributed by atoms with Crippen molar-refractivity contribution in [2.45, 2.75) is 32.9 Å². The van der Waals surface area contributed by atoms with Gasteiger partial charge in [0, 0.05) is 24.3 Å². The van der Waals surface area contributed by atoms with Gasteiger partial charge in [-0.3, -0.25) is 4.79 Å². The summed E-state index contributed by atoms with van der Waals surface area (Å²) in [6, 6.07) is 8.08. The molecule has 0 aliphatic heterocycles. The molecular weight excluding hydrogens is 360 g/mol. The van der Waals surface area contributed by atoms with Crippen molar-refractivity contribution in [2.24, 2.45) is 0 Å². The molecule has 7 heteroatoms. The number of thiophene rings is 1. The number of alkyl carbamates (subject to hydrolysis) is 1. The first kappa shape index (κ1) is 19.5. The maximum Gasteiger partial charge on any atom is 0.407 e. The Labute approximate surface area is 156 Å². The van der Waals surface area contributed by atoms with E-state index in [0.29, 0.717) is 19.6 Å². The molecule has 2 amide bonds. The molecule has 136 valence electrons. The quantitative estimate of drug-likeness (QED) is 0.768. The molecule has 1 aromatic carbocycles. The first-order valence-electron chi connectivity index (χ1n) is 8.06. The van der Waals surface area contributed by atoms with E-state index < -0.39 is 11.7 Å². The summed E-state index contributed by atoms with van der Waals surface area (Å²) in [5, 5.41) is 5.86. The van der Waals surface area contributed by atoms with Gasteiger partial charge in [-0.05, 0) is 43.2 Å². The van der Waals surface area contributed by atoms with E-state index in [1.54, 1.807) is 37.0 Å². The zero-order valence-corrected chi connectivity index (χ0v) is 16.2. The fourth-order valence-corrected chi connectivity index (χ4v) is 3.47. The average molecular weight is 383 g/mol. The van der Waals surface area contributed by atoms with E-state index in [4.69, 9.17) is 16.3 Å². The molecule has 0 bridgehead atoms. The first-order valence-corrected chi connectivity index (χ1v) is 9.47. The van der Waals surface area contributed by atoms with Crippen LogP contribution in [0, 0.1) is 0 Å². The third kappa shape index (κ3) is 5.90. The standard InChI is InChI=1S/C18H23ClN2O3S/c1-18(2,3)24-17(23)20-8-9-21(16(22)10-19)11-13-12-25-15-7-5-4-6-14(13)15/h4-7,12H,8-11H2,1-3H3,(H,20,23). The summed E-state index contributed by atoms with van der Waals surface area (Å²) in [4.78, 5) is 25.5. The lowest BCUT2D eigenvalue weighted by molar-refractivity contribution is -0.129. The van der Waals surface area contributed by atoms with E-state index in [9.17, 15) is 9.59 Å². The topological polar surface area (TPSA) is 58.6 Å². The highest BCUT2D eigenvalue weighted by molar-refractivity contribution is 7.17. The number of nitrogens with zero attached hydrogens (tertiary/aromatic N) is 1. The molecule has 25 heavy (non-hydrogen) atoms. The average Bonchev–Trinajstić information content (AvgIpc) is 2.94. The van der Waals surface area contributed by atoms with Crippen LogP contribution < -0.4 is 5.32 Å². The Morgan fingerprint density at radius 3 is 2.68 bits per heavy atom. The molecule has 0 saturated heterocycles. The number of fused-ring (bicyclic) bond motifs is 1. The fourth-order valence-electron chi connectivity index (χ4n) is 2.34. The number of alkyl halides is 1. The monoisotopic (exact) mass is 382 g/mol. The van der Waals surface area contributed by atoms with E-state index in [0.717, 1.165) is 10.9 Å². The molecule has 0 atom stereocenters. The minimum Gasteiger partial charge on any atom is -0.444 e. The molecule has 0 saturated carbocycles. The molecule has 0 aliphatic rings. The molecule has 0 fully saturated rings. The van der Waals surface area contributed by atoms with E-state index in [-0.39, 0.29) is 11.8 Å². The highest BCUT2D eigenvalue weighted by Gasteiger charge is 2.18. The van der Waals surface area contributed by atoms with Crippen LogP contribution in [0.25, 0.3) is 10.1 Å². The van der Waals surface area contributed by atoms with Crippen molar-refractivity contribution < 1.29 is 14.3 Å². The number of hydrogen-bond donors (Lipinski definition) is 1. The van der Waals surface area contributed by atoms with Crippen molar-refractivity contribution in [3.05, 3.63) is 35.2 Å². The Morgan fingerprint density at radius 2 is 2.00 bits per heavy atom. The number of carbonyl (C=O) groups is 2. The largest absolute Gasteiger partial charge is 0.444 e. The van der Waals surface area contributed by atoms with Crippen molar-refractivity contribution in [3.63, 3.8) is 0 Å². The van der Waals surface area contributed by atoms with E-state index >= 15 is 0 Å². The third-order valence-corrected chi connectivity index (χ3v) is 4.68. The minimum absolute atomic E-state index is 0.0888. The summed E-state index contributed by atoms with van der Waals surface area (Å²) in [6.07, 6.45) is -0.494. The van der Waals surface area contributed by atoms with Gasteiger partial charge < -0.3 is 15.0 Å². The van der Waals surface area contributed by atoms with Crippen LogP contribution >= 0.6 is 22.9 Å². The van der Waals surface area contributed by atoms with Gasteiger partial charge in [-0.25, -0.2) is 4.79 Å². The number of ether oxygens (including phenoxy) is 1. The van der Waals surface area contributed by atoms with Crippen LogP contribution in [-0.2, 0) is 16.1 Å². The van der Waals surface area contributed by atoms with Gasteiger partial charge in [-0.1, -0.05) is 18.2 Å². The lowest BCUT2D eigenvalue weighted by Gasteiger charge is -2.23. The van der Waals surface area contributed by atoms with Crippen LogP contribution in [0.15, 0.2) is 29.6 Å². The number of carbonyl (C=O) groups excluding carboxylic acids is 2. The second-order valence-corrected chi connectivity index (χ2v) is 7.81. The van der Waals surface area contributed by atoms with Crippen molar-refractivity contribution in [1.29, 1.82) is 0 Å². The summed E-state index contributed by atoms with van der Waals surface area (Å²) in [5.41, 5.74) is 0.530. The normalized spacial score (nSPS) is 11.4. The van der Waals surface area contributed by atoms with Crippen molar-refractivity contribution in [3.8, 4) is 0 Å². The molecular formula is C18H23ClN2O3S. The maximum atomic E-state index is 12.1. The van der Waals surface area contributed by atoms with Crippen molar-refractivity contribution in [2.75, 3.05) is 19.0 Å². The maximum absolute atomic E-state index is 12.1. The van der Waals surface area contributed by atoms with Gasteiger partial charge >= 0.3 is 6.09 Å². The van der Waals surface area contributed by atoms with E-state index in [1.807, 2.05) is 18.2 Å². The molecule has 5 nitrogen and oxygen atoms in total. The number of benzene rings is 1. The van der Waals surface area contributed by atoms with Crippen LogP contribution in [0.3, 0.4) is 0 Å². The van der Waals surface area contributed by atoms with Gasteiger partial charge in [0.2, 0.25) is 5.91 Å². The first-order chi connectivity index (χ1) is 11.8. The zero-order valence-electron chi connectivity index (χ0n) is 14.7. The summed E-state index contributed by atoms with van der Waals surface area (Å²) >= 11 is 7.38. The molecule has 0 spiro atoms. The molecule has 1 heterocycles. The molecule has 0 unspecified atom stereocenters. The summed E-state index contributed by atoms with van der Waals surface area (Å²) < 4.78 is 6.37. The summed E-state index contributed by atoms with van der Waals surface area (Å²) in [7, 11) is 0. The molecule has 0 radical (unpaired) electrons. The Hall–Kier alpha value is -1.79. The number of halogens is 1. The van der Waals surface area contributed by atoms with Gasteiger partial charge in [-0.15, -0.1) is 22.9 Å². The van der Waals surface area contributed by atoms with Crippen LogP contribution in [-0.4, -0.2) is 41.5 Å². The highest BCUT2D eigenvalue weighted by Crippen LogP contribution is 2.26. The second kappa shape index (κ2) is 8.54.